The third kappa shape index (κ3) is 6.89. The van der Waals surface area contributed by atoms with Crippen molar-refractivity contribution in [3.63, 3.8) is 0 Å². The summed E-state index contributed by atoms with van der Waals surface area (Å²) in [7, 11) is -1.39. The highest BCUT2D eigenvalue weighted by Gasteiger charge is 2.17. The van der Waals surface area contributed by atoms with Gasteiger partial charge in [0, 0.05) is 29.6 Å². The van der Waals surface area contributed by atoms with Crippen molar-refractivity contribution in [2.45, 2.75) is 32.8 Å². The highest BCUT2D eigenvalue weighted by Crippen LogP contribution is 2.22. The fourth-order valence-electron chi connectivity index (χ4n) is 2.40. The Morgan fingerprint density at radius 2 is 1.89 bits per heavy atom. The number of aromatic nitrogens is 1. The van der Waals surface area contributed by atoms with E-state index in [1.54, 1.807) is 6.92 Å². The van der Waals surface area contributed by atoms with Crippen LogP contribution in [-0.4, -0.2) is 46.9 Å². The number of oxazole rings is 1. The zero-order valence-corrected chi connectivity index (χ0v) is 16.7. The van der Waals surface area contributed by atoms with Crippen molar-refractivity contribution in [1.29, 1.82) is 0 Å². The summed E-state index contributed by atoms with van der Waals surface area (Å²) >= 11 is 0. The van der Waals surface area contributed by atoms with Gasteiger partial charge < -0.3 is 19.2 Å². The molecule has 2 aromatic rings. The maximum Gasteiger partial charge on any atom is 0.232 e. The molecule has 1 aromatic heterocycles. The van der Waals surface area contributed by atoms with Crippen LogP contribution in [0.1, 0.15) is 25.3 Å². The lowest BCUT2D eigenvalue weighted by molar-refractivity contribution is -0.139. The van der Waals surface area contributed by atoms with Crippen LogP contribution in [0, 0.1) is 6.92 Å². The number of nitrogens with one attached hydrogen (secondary N) is 1. The molecular weight excluding hydrogens is 368 g/mol. The van der Waals surface area contributed by atoms with Gasteiger partial charge in [0.15, 0.2) is 6.29 Å². The summed E-state index contributed by atoms with van der Waals surface area (Å²) < 4.78 is 28.7. The predicted octanol–water partition coefficient (Wildman–Crippen LogP) is 2.41. The lowest BCUT2D eigenvalue weighted by Gasteiger charge is -2.17. The maximum absolute atomic E-state index is 12.3. The number of hydrogen-bond donors (Lipinski definition) is 1. The van der Waals surface area contributed by atoms with E-state index in [1.807, 2.05) is 44.2 Å². The van der Waals surface area contributed by atoms with Gasteiger partial charge in [-0.3, -0.25) is 9.00 Å². The van der Waals surface area contributed by atoms with Crippen LogP contribution in [0.15, 0.2) is 34.7 Å². The average molecular weight is 394 g/mol. The third-order valence-corrected chi connectivity index (χ3v) is 4.85. The molecule has 1 N–H and O–H groups in total. The summed E-state index contributed by atoms with van der Waals surface area (Å²) in [5.41, 5.74) is 1.45. The van der Waals surface area contributed by atoms with Crippen LogP contribution < -0.4 is 5.32 Å². The van der Waals surface area contributed by atoms with E-state index in [4.69, 9.17) is 13.9 Å². The zero-order valence-electron chi connectivity index (χ0n) is 15.9. The number of aryl methyl sites for hydroxylation is 1. The number of benzene rings is 1. The molecule has 8 heteroatoms. The molecule has 2 rings (SSSR count). The molecule has 0 saturated carbocycles. The lowest BCUT2D eigenvalue weighted by atomic mass is 10.2. The van der Waals surface area contributed by atoms with Crippen LogP contribution in [0.3, 0.4) is 0 Å². The van der Waals surface area contributed by atoms with Crippen molar-refractivity contribution in [2.24, 2.45) is 0 Å². The molecule has 0 unspecified atom stereocenters. The first-order valence-electron chi connectivity index (χ1n) is 8.90. The van der Waals surface area contributed by atoms with Crippen LogP contribution in [-0.2, 0) is 30.8 Å². The van der Waals surface area contributed by atoms with Crippen molar-refractivity contribution in [3.8, 4) is 11.5 Å². The van der Waals surface area contributed by atoms with E-state index in [0.29, 0.717) is 30.6 Å². The number of nitrogens with zero attached hydrogens (tertiary/aromatic N) is 1. The topological polar surface area (TPSA) is 90.7 Å². The largest absolute Gasteiger partial charge is 0.441 e. The molecule has 0 bridgehead atoms. The summed E-state index contributed by atoms with van der Waals surface area (Å²) in [5.74, 6) is 0.826. The van der Waals surface area contributed by atoms with Gasteiger partial charge in [0.2, 0.25) is 11.8 Å². The van der Waals surface area contributed by atoms with Gasteiger partial charge in [-0.25, -0.2) is 4.98 Å². The molecule has 0 aliphatic carbocycles. The number of amides is 1. The first kappa shape index (κ1) is 21.3. The SMILES string of the molecule is CCOC(CNC(=O)C[S@](=O)Cc1nc(-c2ccccc2)oc1C)OCC. The minimum Gasteiger partial charge on any atom is -0.441 e. The van der Waals surface area contributed by atoms with E-state index in [2.05, 4.69) is 10.3 Å². The van der Waals surface area contributed by atoms with Crippen molar-refractivity contribution in [1.82, 2.24) is 10.3 Å². The van der Waals surface area contributed by atoms with Crippen LogP contribution >= 0.6 is 0 Å². The second-order valence-corrected chi connectivity index (χ2v) is 7.22. The Morgan fingerprint density at radius 3 is 2.52 bits per heavy atom. The Bertz CT molecular complexity index is 742. The summed E-state index contributed by atoms with van der Waals surface area (Å²) in [6.45, 7) is 6.68. The maximum atomic E-state index is 12.3. The fraction of sp³-hybridized carbons (Fsp3) is 0.474. The Balaban J connectivity index is 1.86. The van der Waals surface area contributed by atoms with Gasteiger partial charge in [-0.15, -0.1) is 0 Å². The molecule has 0 spiro atoms. The lowest BCUT2D eigenvalue weighted by Crippen LogP contribution is -2.37. The van der Waals surface area contributed by atoms with Crippen LogP contribution in [0.5, 0.6) is 0 Å². The fourth-order valence-corrected chi connectivity index (χ4v) is 3.47. The van der Waals surface area contributed by atoms with E-state index in [0.717, 1.165) is 5.56 Å². The van der Waals surface area contributed by atoms with Crippen molar-refractivity contribution >= 4 is 16.7 Å². The van der Waals surface area contributed by atoms with E-state index in [-0.39, 0.29) is 24.0 Å². The van der Waals surface area contributed by atoms with Gasteiger partial charge in [0.05, 0.1) is 18.0 Å². The van der Waals surface area contributed by atoms with E-state index >= 15 is 0 Å². The first-order chi connectivity index (χ1) is 13.0. The quantitative estimate of drug-likeness (QED) is 0.589. The molecular formula is C19H26N2O5S. The van der Waals surface area contributed by atoms with Gasteiger partial charge >= 0.3 is 0 Å². The Hall–Kier alpha value is -2.03. The molecule has 0 aliphatic rings. The standard InChI is InChI=1S/C19H26N2O5S/c1-4-24-18(25-5-2)11-20-17(22)13-27(23)12-16-14(3)26-19(21-16)15-9-7-6-8-10-15/h6-10,18H,4-5,11-13H2,1-3H3,(H,20,22)/t27-/m1/s1. The third-order valence-electron chi connectivity index (χ3n) is 3.67. The van der Waals surface area contributed by atoms with E-state index in [1.165, 1.54) is 0 Å². The number of rotatable bonds is 11. The number of hydrogen-bond acceptors (Lipinski definition) is 6. The minimum absolute atomic E-state index is 0.113. The normalized spacial score (nSPS) is 12.3. The van der Waals surface area contributed by atoms with Gasteiger partial charge in [-0.2, -0.15) is 0 Å². The Kier molecular flexibility index (Phi) is 8.63. The predicted molar refractivity (Wildman–Crippen MR) is 103 cm³/mol. The van der Waals surface area contributed by atoms with E-state index in [9.17, 15) is 9.00 Å². The molecule has 148 valence electrons. The van der Waals surface area contributed by atoms with Crippen LogP contribution in [0.4, 0.5) is 0 Å². The van der Waals surface area contributed by atoms with Gasteiger partial charge in [-0.05, 0) is 32.9 Å². The van der Waals surface area contributed by atoms with E-state index < -0.39 is 17.1 Å². The van der Waals surface area contributed by atoms with Gasteiger partial charge in [-0.1, -0.05) is 18.2 Å². The molecule has 1 atom stereocenters. The summed E-state index contributed by atoms with van der Waals surface area (Å²) in [6, 6.07) is 9.50. The molecule has 7 nitrogen and oxygen atoms in total. The smallest absolute Gasteiger partial charge is 0.232 e. The number of carbonyl (C=O) groups is 1. The van der Waals surface area contributed by atoms with Crippen molar-refractivity contribution in [2.75, 3.05) is 25.5 Å². The second kappa shape index (κ2) is 11.0. The van der Waals surface area contributed by atoms with Crippen molar-refractivity contribution < 1.29 is 22.9 Å². The number of ether oxygens (including phenoxy) is 2. The molecule has 0 aliphatic heterocycles. The van der Waals surface area contributed by atoms with Crippen LogP contribution in [0.2, 0.25) is 0 Å². The zero-order chi connectivity index (χ0) is 19.6. The Labute approximate surface area is 161 Å². The molecule has 27 heavy (non-hydrogen) atoms. The van der Waals surface area contributed by atoms with Crippen molar-refractivity contribution in [3.05, 3.63) is 41.8 Å². The highest BCUT2D eigenvalue weighted by atomic mass is 32.2. The average Bonchev–Trinajstić information content (AvgIpc) is 3.01. The highest BCUT2D eigenvalue weighted by molar-refractivity contribution is 7.84. The monoisotopic (exact) mass is 394 g/mol. The summed E-state index contributed by atoms with van der Waals surface area (Å²) in [6.07, 6.45) is -0.497. The molecule has 0 saturated heterocycles. The first-order valence-corrected chi connectivity index (χ1v) is 10.4. The minimum atomic E-state index is -1.39. The second-order valence-electron chi connectivity index (χ2n) is 5.76. The molecule has 0 fully saturated rings. The summed E-state index contributed by atoms with van der Waals surface area (Å²) in [4.78, 5) is 16.4. The summed E-state index contributed by atoms with van der Waals surface area (Å²) in [5, 5.41) is 2.69. The number of carbonyl (C=O) groups excluding carboxylic acids is 1. The van der Waals surface area contributed by atoms with Crippen LogP contribution in [0.25, 0.3) is 11.5 Å². The van der Waals surface area contributed by atoms with Gasteiger partial charge in [0.1, 0.15) is 11.5 Å². The molecule has 1 heterocycles. The Morgan fingerprint density at radius 1 is 1.22 bits per heavy atom. The molecule has 0 radical (unpaired) electrons. The molecule has 1 amide bonds. The molecule has 1 aromatic carbocycles. The van der Waals surface area contributed by atoms with Gasteiger partial charge in [0.25, 0.3) is 0 Å².